The van der Waals surface area contributed by atoms with E-state index in [1.807, 2.05) is 60.7 Å². The number of anilines is 3. The van der Waals surface area contributed by atoms with E-state index in [0.29, 0.717) is 23.5 Å². The van der Waals surface area contributed by atoms with Crippen LogP contribution in [0, 0.1) is 0 Å². The van der Waals surface area contributed by atoms with Crippen LogP contribution >= 0.6 is 0 Å². The third kappa shape index (κ3) is 4.69. The largest absolute Gasteiger partial charge is 0.396 e. The zero-order valence-electron chi connectivity index (χ0n) is 20.8. The van der Waals surface area contributed by atoms with Crippen molar-refractivity contribution in [1.29, 1.82) is 0 Å². The van der Waals surface area contributed by atoms with Crippen LogP contribution in [-0.4, -0.2) is 39.9 Å². The monoisotopic (exact) mass is 491 g/mol. The molecular weight excluding hydrogens is 462 g/mol. The van der Waals surface area contributed by atoms with Crippen LogP contribution in [0.1, 0.15) is 33.2 Å². The van der Waals surface area contributed by atoms with Crippen LogP contribution in [0.2, 0.25) is 0 Å². The number of nitrogens with one attached hydrogen (secondary N) is 1. The molecule has 8 heteroatoms. The van der Waals surface area contributed by atoms with Gasteiger partial charge in [0.2, 0.25) is 0 Å². The Morgan fingerprint density at radius 1 is 0.919 bits per heavy atom. The average molecular weight is 492 g/mol. The second-order valence-corrected chi connectivity index (χ2v) is 9.27. The summed E-state index contributed by atoms with van der Waals surface area (Å²) in [6, 6.07) is 25.5. The number of aromatic amines is 1. The molecule has 0 radical (unpaired) electrons. The van der Waals surface area contributed by atoms with Crippen LogP contribution in [0.3, 0.4) is 0 Å². The molecule has 37 heavy (non-hydrogen) atoms. The molecule has 0 unspecified atom stereocenters. The van der Waals surface area contributed by atoms with Crippen molar-refractivity contribution in [2.75, 3.05) is 31.3 Å². The quantitative estimate of drug-likeness (QED) is 0.277. The zero-order valence-corrected chi connectivity index (χ0v) is 20.8. The number of nitrogen functional groups attached to an aromatic ring is 3. The van der Waals surface area contributed by atoms with Crippen LogP contribution in [0.25, 0.3) is 22.2 Å². The number of carbonyl (C=O) groups excluding carboxylic acids is 1. The predicted molar refractivity (Wildman–Crippen MR) is 149 cm³/mol. The van der Waals surface area contributed by atoms with Crippen LogP contribution in [0.5, 0.6) is 0 Å². The molecule has 2 heterocycles. The number of pyridine rings is 1. The van der Waals surface area contributed by atoms with Gasteiger partial charge in [-0.25, -0.2) is 9.97 Å². The maximum atomic E-state index is 12.5. The number of nitrogens with zero attached hydrogens (tertiary/aromatic N) is 3. The van der Waals surface area contributed by atoms with E-state index in [1.54, 1.807) is 25.1 Å². The van der Waals surface area contributed by atoms with Crippen molar-refractivity contribution in [3.63, 3.8) is 0 Å². The lowest BCUT2D eigenvalue weighted by molar-refractivity contribution is 0.0827. The summed E-state index contributed by atoms with van der Waals surface area (Å²) in [5.41, 5.74) is 25.0. The minimum absolute atomic E-state index is 0.0454. The lowest BCUT2D eigenvalue weighted by Crippen LogP contribution is -2.21. The first-order chi connectivity index (χ1) is 17.8. The van der Waals surface area contributed by atoms with E-state index in [0.717, 1.165) is 39.1 Å². The molecule has 1 amide bonds. The first kappa shape index (κ1) is 23.9. The number of fused-ring (bicyclic) bond motifs is 1. The molecule has 0 bridgehead atoms. The number of aromatic nitrogens is 3. The fourth-order valence-corrected chi connectivity index (χ4v) is 4.68. The minimum atomic E-state index is -0.140. The molecule has 7 N–H and O–H groups in total. The summed E-state index contributed by atoms with van der Waals surface area (Å²) in [7, 11) is 3.49. The van der Waals surface area contributed by atoms with Crippen molar-refractivity contribution in [2.24, 2.45) is 0 Å². The van der Waals surface area contributed by atoms with E-state index in [1.165, 1.54) is 0 Å². The number of nitrogens with two attached hydrogens (primary N) is 3. The van der Waals surface area contributed by atoms with Crippen LogP contribution in [0.4, 0.5) is 17.3 Å². The van der Waals surface area contributed by atoms with E-state index in [4.69, 9.17) is 22.2 Å². The highest BCUT2D eigenvalue weighted by Gasteiger charge is 2.22. The van der Waals surface area contributed by atoms with E-state index in [-0.39, 0.29) is 17.6 Å². The van der Waals surface area contributed by atoms with Crippen molar-refractivity contribution >= 4 is 34.3 Å². The number of imidazole rings is 1. The van der Waals surface area contributed by atoms with Crippen molar-refractivity contribution in [3.05, 3.63) is 101 Å². The number of hydrogen-bond acceptors (Lipinski definition) is 6. The third-order valence-electron chi connectivity index (χ3n) is 6.50. The van der Waals surface area contributed by atoms with E-state index in [9.17, 15) is 4.79 Å². The maximum absolute atomic E-state index is 12.5. The fourth-order valence-electron chi connectivity index (χ4n) is 4.68. The molecule has 0 aliphatic rings. The Hall–Kier alpha value is -4.85. The first-order valence-corrected chi connectivity index (χ1v) is 12.0. The highest BCUT2D eigenvalue weighted by molar-refractivity contribution is 5.97. The molecule has 2 aromatic heterocycles. The summed E-state index contributed by atoms with van der Waals surface area (Å²) < 4.78 is 0. The van der Waals surface area contributed by atoms with Gasteiger partial charge in [0.15, 0.2) is 0 Å². The molecule has 0 spiro atoms. The fraction of sp³-hybridized carbons (Fsp3) is 0.138. The Morgan fingerprint density at radius 3 is 2.43 bits per heavy atom. The Morgan fingerprint density at radius 2 is 1.68 bits per heavy atom. The van der Waals surface area contributed by atoms with Gasteiger partial charge < -0.3 is 27.1 Å². The SMILES string of the molecule is CN(C)C(=O)c1cccc(-c2cccc3[nH]c(C[C@H](c4ccccc4)c4cc(N)nc(N)c4N)nc23)c1. The predicted octanol–water partition coefficient (Wildman–Crippen LogP) is 4.45. The van der Waals surface area contributed by atoms with Gasteiger partial charge in [0.1, 0.15) is 17.5 Å². The van der Waals surface area contributed by atoms with Crippen molar-refractivity contribution in [2.45, 2.75) is 12.3 Å². The molecule has 186 valence electrons. The summed E-state index contributed by atoms with van der Waals surface area (Å²) in [5, 5.41) is 0. The Labute approximate surface area is 215 Å². The molecule has 3 aromatic carbocycles. The highest BCUT2D eigenvalue weighted by atomic mass is 16.2. The molecule has 5 aromatic rings. The molecule has 1 atom stereocenters. The Balaban J connectivity index is 1.58. The first-order valence-electron chi connectivity index (χ1n) is 12.0. The van der Waals surface area contributed by atoms with Gasteiger partial charge >= 0.3 is 0 Å². The smallest absolute Gasteiger partial charge is 0.253 e. The van der Waals surface area contributed by atoms with E-state index >= 15 is 0 Å². The van der Waals surface area contributed by atoms with Gasteiger partial charge in [-0.3, -0.25) is 4.79 Å². The second-order valence-electron chi connectivity index (χ2n) is 9.27. The number of para-hydroxylation sites is 1. The number of carbonyl (C=O) groups is 1. The van der Waals surface area contributed by atoms with Crippen molar-refractivity contribution < 1.29 is 4.79 Å². The van der Waals surface area contributed by atoms with Crippen LogP contribution < -0.4 is 17.2 Å². The third-order valence-corrected chi connectivity index (χ3v) is 6.50. The molecule has 0 aliphatic carbocycles. The Kier molecular flexibility index (Phi) is 6.23. The summed E-state index contributed by atoms with van der Waals surface area (Å²) in [6.45, 7) is 0. The summed E-state index contributed by atoms with van der Waals surface area (Å²) in [5.74, 6) is 1.15. The lowest BCUT2D eigenvalue weighted by Gasteiger charge is -2.20. The van der Waals surface area contributed by atoms with Crippen molar-refractivity contribution in [3.8, 4) is 11.1 Å². The molecule has 0 aliphatic heterocycles. The van der Waals surface area contributed by atoms with Crippen LogP contribution in [-0.2, 0) is 6.42 Å². The number of amides is 1. The number of H-pyrrole nitrogens is 1. The molecule has 0 saturated carbocycles. The van der Waals surface area contributed by atoms with Gasteiger partial charge in [-0.05, 0) is 41.0 Å². The molecular formula is C29H29N7O. The average Bonchev–Trinajstić information content (AvgIpc) is 3.32. The topological polar surface area (TPSA) is 140 Å². The van der Waals surface area contributed by atoms with E-state index < -0.39 is 0 Å². The minimum Gasteiger partial charge on any atom is -0.396 e. The normalized spacial score (nSPS) is 11.9. The summed E-state index contributed by atoms with van der Waals surface area (Å²) in [4.78, 5) is 26.7. The second kappa shape index (κ2) is 9.66. The highest BCUT2D eigenvalue weighted by Crippen LogP contribution is 2.36. The van der Waals surface area contributed by atoms with Gasteiger partial charge in [0, 0.05) is 37.6 Å². The van der Waals surface area contributed by atoms with Gasteiger partial charge in [-0.15, -0.1) is 0 Å². The van der Waals surface area contributed by atoms with Gasteiger partial charge in [-0.1, -0.05) is 54.6 Å². The lowest BCUT2D eigenvalue weighted by atomic mass is 9.87. The maximum Gasteiger partial charge on any atom is 0.253 e. The van der Waals surface area contributed by atoms with Gasteiger partial charge in [0.05, 0.1) is 16.7 Å². The number of rotatable bonds is 6. The summed E-state index contributed by atoms with van der Waals surface area (Å²) in [6.07, 6.45) is 0.546. The standard InChI is InChI=1S/C29H29N7O/c1-36(2)29(37)19-11-6-10-18(14-19)20-12-7-13-23-27(20)35-25(33-23)16-21(17-8-4-3-5-9-17)22-15-24(30)34-28(32)26(22)31/h3-15,21H,16,31H2,1-2H3,(H,33,35)(H4,30,32,34)/t21-/m1/s1. The number of benzene rings is 3. The molecule has 8 nitrogen and oxygen atoms in total. The van der Waals surface area contributed by atoms with Gasteiger partial charge in [0.25, 0.3) is 5.91 Å². The van der Waals surface area contributed by atoms with Crippen LogP contribution in [0.15, 0.2) is 78.9 Å². The number of hydrogen-bond donors (Lipinski definition) is 4. The summed E-state index contributed by atoms with van der Waals surface area (Å²) >= 11 is 0. The molecule has 0 fully saturated rings. The zero-order chi connectivity index (χ0) is 26.1. The Bertz CT molecular complexity index is 1590. The van der Waals surface area contributed by atoms with E-state index in [2.05, 4.69) is 22.1 Å². The van der Waals surface area contributed by atoms with Crippen molar-refractivity contribution in [1.82, 2.24) is 19.9 Å². The molecule has 5 rings (SSSR count). The van der Waals surface area contributed by atoms with Gasteiger partial charge in [-0.2, -0.15) is 0 Å². The molecule has 0 saturated heterocycles.